The van der Waals surface area contributed by atoms with Crippen LogP contribution in [0, 0.1) is 5.82 Å². The van der Waals surface area contributed by atoms with E-state index in [4.69, 9.17) is 17.0 Å². The lowest BCUT2D eigenvalue weighted by molar-refractivity contribution is -0.131. The third-order valence-corrected chi connectivity index (χ3v) is 6.16. The summed E-state index contributed by atoms with van der Waals surface area (Å²) in [7, 11) is 1.51. The van der Waals surface area contributed by atoms with E-state index >= 15 is 0 Å². The summed E-state index contributed by atoms with van der Waals surface area (Å²) in [6.07, 6.45) is 1.67. The van der Waals surface area contributed by atoms with Crippen molar-refractivity contribution >= 4 is 35.0 Å². The quantitative estimate of drug-likeness (QED) is 0.414. The lowest BCUT2D eigenvalue weighted by atomic mass is 9.84. The highest BCUT2D eigenvalue weighted by Crippen LogP contribution is 2.37. The number of rotatable bonds is 8. The smallest absolute Gasteiger partial charge is 0.257 e. The number of hydrogen-bond acceptors (Lipinski definition) is 6. The summed E-state index contributed by atoms with van der Waals surface area (Å²) in [4.78, 5) is 32.3. The van der Waals surface area contributed by atoms with Crippen molar-refractivity contribution in [3.63, 3.8) is 0 Å². The lowest BCUT2D eigenvalue weighted by Gasteiger charge is -2.36. The molecule has 0 saturated carbocycles. The Morgan fingerprint density at radius 1 is 1.17 bits per heavy atom. The number of phenols is 1. The first-order valence-electron chi connectivity index (χ1n) is 10.8. The van der Waals surface area contributed by atoms with E-state index in [-0.39, 0.29) is 17.3 Å². The van der Waals surface area contributed by atoms with E-state index in [9.17, 15) is 19.1 Å². The summed E-state index contributed by atoms with van der Waals surface area (Å²) in [6, 6.07) is 15.4. The van der Waals surface area contributed by atoms with Gasteiger partial charge in [-0.15, -0.1) is 0 Å². The first-order chi connectivity index (χ1) is 16.8. The van der Waals surface area contributed by atoms with E-state index in [0.29, 0.717) is 30.1 Å². The van der Waals surface area contributed by atoms with Gasteiger partial charge in [-0.05, 0) is 66.2 Å². The van der Waals surface area contributed by atoms with Crippen LogP contribution in [0.2, 0.25) is 0 Å². The molecule has 1 aromatic heterocycles. The zero-order valence-electron chi connectivity index (χ0n) is 18.8. The van der Waals surface area contributed by atoms with Crippen molar-refractivity contribution in [2.75, 3.05) is 19.0 Å². The average molecular weight is 495 g/mol. The van der Waals surface area contributed by atoms with Gasteiger partial charge in [-0.25, -0.2) is 9.37 Å². The third kappa shape index (κ3) is 5.07. The number of ether oxygens (including phenoxy) is 1. The Bertz CT molecular complexity index is 1240. The number of methoxy groups -OCH3 is 1. The van der Waals surface area contributed by atoms with E-state index in [1.807, 2.05) is 0 Å². The SMILES string of the molecule is COc1ccc(NC(=O)CC2(c3ccc(F)cc3)C(=O)NC(=S)N2CCc2ccc(O)cc2)nc1. The van der Waals surface area contributed by atoms with Crippen LogP contribution in [0.4, 0.5) is 10.2 Å². The van der Waals surface area contributed by atoms with Crippen molar-refractivity contribution in [1.29, 1.82) is 0 Å². The predicted molar refractivity (Wildman–Crippen MR) is 131 cm³/mol. The lowest BCUT2D eigenvalue weighted by Crippen LogP contribution is -2.50. The molecule has 0 aliphatic carbocycles. The number of benzene rings is 2. The monoisotopic (exact) mass is 494 g/mol. The molecule has 0 radical (unpaired) electrons. The molecule has 2 amide bonds. The third-order valence-electron chi connectivity index (χ3n) is 5.84. The van der Waals surface area contributed by atoms with E-state index in [0.717, 1.165) is 5.56 Å². The number of aromatic hydroxyl groups is 1. The fourth-order valence-corrected chi connectivity index (χ4v) is 4.38. The van der Waals surface area contributed by atoms with Gasteiger partial charge in [0.1, 0.15) is 23.1 Å². The number of carbonyl (C=O) groups is 2. The van der Waals surface area contributed by atoms with E-state index in [1.165, 1.54) is 37.6 Å². The number of anilines is 1. The molecule has 2 heterocycles. The molecule has 4 rings (SSSR count). The maximum atomic E-state index is 13.7. The highest BCUT2D eigenvalue weighted by atomic mass is 32.1. The molecule has 0 spiro atoms. The number of phenolic OH excluding ortho intramolecular Hbond substituents is 1. The Labute approximate surface area is 206 Å². The summed E-state index contributed by atoms with van der Waals surface area (Å²) < 4.78 is 18.8. The molecule has 1 aliphatic heterocycles. The molecule has 3 aromatic rings. The first-order valence-corrected chi connectivity index (χ1v) is 11.2. The zero-order chi connectivity index (χ0) is 25.0. The number of nitrogens with one attached hydrogen (secondary N) is 2. The zero-order valence-corrected chi connectivity index (χ0v) is 19.6. The van der Waals surface area contributed by atoms with Gasteiger partial charge in [-0.2, -0.15) is 0 Å². The second kappa shape index (κ2) is 10.1. The molecule has 3 N–H and O–H groups in total. The van der Waals surface area contributed by atoms with Gasteiger partial charge in [0.2, 0.25) is 5.91 Å². The molecule has 35 heavy (non-hydrogen) atoms. The van der Waals surface area contributed by atoms with Gasteiger partial charge in [0.25, 0.3) is 5.91 Å². The van der Waals surface area contributed by atoms with Crippen LogP contribution in [0.3, 0.4) is 0 Å². The standard InChI is InChI=1S/C25H23FN4O4S/c1-34-20-10-11-21(27-15-20)28-22(32)14-25(17-4-6-18(26)7-5-17)23(33)29-24(35)30(25)13-12-16-2-8-19(31)9-3-16/h2-11,15,31H,12-14H2,1H3,(H,27,28,32)(H,29,33,35). The molecule has 1 atom stereocenters. The summed E-state index contributed by atoms with van der Waals surface area (Å²) in [5, 5.41) is 15.1. The second-order valence-electron chi connectivity index (χ2n) is 8.00. The van der Waals surface area contributed by atoms with Gasteiger partial charge in [0, 0.05) is 6.54 Å². The summed E-state index contributed by atoms with van der Waals surface area (Å²) >= 11 is 5.46. The predicted octanol–water partition coefficient (Wildman–Crippen LogP) is 3.12. The van der Waals surface area contributed by atoms with E-state index in [2.05, 4.69) is 15.6 Å². The average Bonchev–Trinajstić information content (AvgIpc) is 3.08. The van der Waals surface area contributed by atoms with Gasteiger partial charge in [-0.1, -0.05) is 24.3 Å². The highest BCUT2D eigenvalue weighted by Gasteiger charge is 2.53. The van der Waals surface area contributed by atoms with E-state index < -0.39 is 23.2 Å². The van der Waals surface area contributed by atoms with Crippen molar-refractivity contribution in [2.45, 2.75) is 18.4 Å². The Morgan fingerprint density at radius 3 is 2.51 bits per heavy atom. The van der Waals surface area contributed by atoms with Crippen LogP contribution in [0.25, 0.3) is 0 Å². The number of aromatic nitrogens is 1. The molecule has 1 saturated heterocycles. The van der Waals surface area contributed by atoms with Crippen LogP contribution in [0.1, 0.15) is 17.5 Å². The van der Waals surface area contributed by atoms with Crippen molar-refractivity contribution in [1.82, 2.24) is 15.2 Å². The maximum absolute atomic E-state index is 13.7. The molecule has 10 heteroatoms. The van der Waals surface area contributed by atoms with Crippen molar-refractivity contribution in [3.05, 3.63) is 83.8 Å². The van der Waals surface area contributed by atoms with Crippen LogP contribution in [0.15, 0.2) is 66.9 Å². The van der Waals surface area contributed by atoms with Gasteiger partial charge >= 0.3 is 0 Å². The molecular formula is C25H23FN4O4S. The normalized spacial score (nSPS) is 17.3. The minimum atomic E-state index is -1.49. The number of nitrogens with zero attached hydrogens (tertiary/aromatic N) is 2. The number of pyridine rings is 1. The Kier molecular flexibility index (Phi) is 6.92. The second-order valence-corrected chi connectivity index (χ2v) is 8.39. The van der Waals surface area contributed by atoms with Crippen molar-refractivity contribution < 1.29 is 23.8 Å². The van der Waals surface area contributed by atoms with Crippen LogP contribution in [-0.2, 0) is 21.5 Å². The van der Waals surface area contributed by atoms with E-state index in [1.54, 1.807) is 41.3 Å². The minimum Gasteiger partial charge on any atom is -0.508 e. The van der Waals surface area contributed by atoms with Gasteiger partial charge in [0.05, 0.1) is 19.7 Å². The topological polar surface area (TPSA) is 104 Å². The number of halogens is 1. The Balaban J connectivity index is 1.65. The number of thiocarbonyl (C=S) groups is 1. The van der Waals surface area contributed by atoms with Crippen LogP contribution in [0.5, 0.6) is 11.5 Å². The molecule has 1 unspecified atom stereocenters. The molecule has 8 nitrogen and oxygen atoms in total. The summed E-state index contributed by atoms with van der Waals surface area (Å²) in [5.74, 6) is -0.438. The molecule has 1 aliphatic rings. The van der Waals surface area contributed by atoms with Crippen LogP contribution >= 0.6 is 12.2 Å². The van der Waals surface area contributed by atoms with Crippen LogP contribution in [-0.4, -0.2) is 45.6 Å². The Morgan fingerprint density at radius 2 is 1.89 bits per heavy atom. The number of hydrogen-bond donors (Lipinski definition) is 3. The minimum absolute atomic E-state index is 0.145. The maximum Gasteiger partial charge on any atom is 0.257 e. The van der Waals surface area contributed by atoms with Crippen molar-refractivity contribution in [2.24, 2.45) is 0 Å². The fourth-order valence-electron chi connectivity index (χ4n) is 4.04. The van der Waals surface area contributed by atoms with Crippen LogP contribution < -0.4 is 15.4 Å². The fraction of sp³-hybridized carbons (Fsp3) is 0.200. The molecule has 0 bridgehead atoms. The molecule has 180 valence electrons. The summed E-state index contributed by atoms with van der Waals surface area (Å²) in [6.45, 7) is 0.299. The van der Waals surface area contributed by atoms with Crippen molar-refractivity contribution in [3.8, 4) is 11.5 Å². The molecule has 2 aromatic carbocycles. The van der Waals surface area contributed by atoms with Gasteiger partial charge in [-0.3, -0.25) is 9.59 Å². The number of amides is 2. The molecular weight excluding hydrogens is 471 g/mol. The highest BCUT2D eigenvalue weighted by molar-refractivity contribution is 7.80. The van der Waals surface area contributed by atoms with Gasteiger partial charge < -0.3 is 25.4 Å². The first kappa shape index (κ1) is 24.1. The molecule has 1 fully saturated rings. The number of carbonyl (C=O) groups excluding carboxylic acids is 2. The largest absolute Gasteiger partial charge is 0.508 e. The Hall–Kier alpha value is -4.05. The van der Waals surface area contributed by atoms with Gasteiger partial charge in [0.15, 0.2) is 10.7 Å². The summed E-state index contributed by atoms with van der Waals surface area (Å²) in [5.41, 5.74) is -0.150.